The number of nitrogens with one attached hydrogen (secondary N) is 1. The second-order valence-corrected chi connectivity index (χ2v) is 7.86. The van der Waals surface area contributed by atoms with E-state index in [1.807, 2.05) is 0 Å². The predicted molar refractivity (Wildman–Crippen MR) is 92.9 cm³/mol. The van der Waals surface area contributed by atoms with Crippen LogP contribution in [0, 0.1) is 0 Å². The lowest BCUT2D eigenvalue weighted by Crippen LogP contribution is -2.53. The van der Waals surface area contributed by atoms with E-state index in [-0.39, 0.29) is 0 Å². The van der Waals surface area contributed by atoms with Crippen LogP contribution < -0.4 is 5.32 Å². The first-order valence-corrected chi connectivity index (χ1v) is 9.43. The van der Waals surface area contributed by atoms with Gasteiger partial charge in [0.25, 0.3) is 0 Å². The van der Waals surface area contributed by atoms with E-state index in [2.05, 4.69) is 60.3 Å². The van der Waals surface area contributed by atoms with Crippen LogP contribution in [0.15, 0.2) is 24.3 Å². The zero-order valence-corrected chi connectivity index (χ0v) is 14.2. The van der Waals surface area contributed by atoms with Gasteiger partial charge in [-0.25, -0.2) is 0 Å². The number of fused-ring (bicyclic) bond motifs is 1. The Hall–Kier alpha value is -0.510. The van der Waals surface area contributed by atoms with Gasteiger partial charge in [0, 0.05) is 29.6 Å². The molecule has 0 bridgehead atoms. The van der Waals surface area contributed by atoms with E-state index in [4.69, 9.17) is 0 Å². The molecule has 1 atom stereocenters. The van der Waals surface area contributed by atoms with Crippen molar-refractivity contribution in [3.05, 3.63) is 35.4 Å². The number of likely N-dealkylation sites (N-methyl/N-ethyl adjacent to an activating group) is 1. The van der Waals surface area contributed by atoms with Crippen molar-refractivity contribution in [2.24, 2.45) is 0 Å². The van der Waals surface area contributed by atoms with Crippen molar-refractivity contribution >= 4 is 11.8 Å². The Morgan fingerprint density at radius 2 is 1.95 bits per heavy atom. The zero-order valence-electron chi connectivity index (χ0n) is 13.4. The molecule has 1 fully saturated rings. The topological polar surface area (TPSA) is 15.3 Å². The summed E-state index contributed by atoms with van der Waals surface area (Å²) in [6.45, 7) is 1.12. The normalized spacial score (nSPS) is 24.8. The quantitative estimate of drug-likeness (QED) is 0.910. The van der Waals surface area contributed by atoms with Gasteiger partial charge < -0.3 is 10.2 Å². The van der Waals surface area contributed by atoms with Gasteiger partial charge in [0.2, 0.25) is 0 Å². The average molecular weight is 305 g/mol. The molecule has 2 aliphatic rings. The molecular weight excluding hydrogens is 276 g/mol. The van der Waals surface area contributed by atoms with E-state index in [0.717, 1.165) is 6.54 Å². The number of rotatable bonds is 4. The van der Waals surface area contributed by atoms with E-state index in [1.165, 1.54) is 54.7 Å². The standard InChI is InChI=1S/C18H28N2S/c1-20(2)18(10-6-3-7-11-18)14-19-17-13-21-12-15-8-4-5-9-16(15)17/h4-5,8-9,17,19H,3,6-7,10-14H2,1-2H3. The lowest BCUT2D eigenvalue weighted by atomic mass is 9.80. The molecule has 1 aliphatic heterocycles. The van der Waals surface area contributed by atoms with E-state index in [1.54, 1.807) is 0 Å². The van der Waals surface area contributed by atoms with Gasteiger partial charge in [-0.05, 0) is 38.1 Å². The van der Waals surface area contributed by atoms with Crippen molar-refractivity contribution in [1.29, 1.82) is 0 Å². The first-order valence-electron chi connectivity index (χ1n) is 8.28. The second kappa shape index (κ2) is 6.72. The highest BCUT2D eigenvalue weighted by Crippen LogP contribution is 2.35. The maximum absolute atomic E-state index is 3.91. The molecule has 1 aromatic rings. The lowest BCUT2D eigenvalue weighted by Gasteiger charge is -2.44. The molecule has 1 N–H and O–H groups in total. The van der Waals surface area contributed by atoms with Gasteiger partial charge in [-0.2, -0.15) is 11.8 Å². The van der Waals surface area contributed by atoms with Crippen LogP contribution in [-0.2, 0) is 5.75 Å². The van der Waals surface area contributed by atoms with Crippen LogP contribution in [0.4, 0.5) is 0 Å². The molecule has 1 saturated carbocycles. The Balaban J connectivity index is 1.69. The minimum Gasteiger partial charge on any atom is -0.307 e. The molecule has 1 unspecified atom stereocenters. The maximum Gasteiger partial charge on any atom is 0.0415 e. The SMILES string of the molecule is CN(C)C1(CNC2CSCc3ccccc32)CCCCC1. The minimum atomic E-state index is 0.370. The van der Waals surface area contributed by atoms with E-state index in [0.29, 0.717) is 11.6 Å². The van der Waals surface area contributed by atoms with Crippen LogP contribution in [-0.4, -0.2) is 36.8 Å². The monoisotopic (exact) mass is 304 g/mol. The predicted octanol–water partition coefficient (Wildman–Crippen LogP) is 3.83. The van der Waals surface area contributed by atoms with Crippen LogP contribution in [0.3, 0.4) is 0 Å². The largest absolute Gasteiger partial charge is 0.307 e. The molecule has 2 nitrogen and oxygen atoms in total. The number of thioether (sulfide) groups is 1. The molecule has 0 saturated heterocycles. The molecule has 1 aromatic carbocycles. The maximum atomic E-state index is 3.91. The average Bonchev–Trinajstić information content (AvgIpc) is 2.53. The van der Waals surface area contributed by atoms with Crippen LogP contribution in [0.2, 0.25) is 0 Å². The summed E-state index contributed by atoms with van der Waals surface area (Å²) in [6.07, 6.45) is 6.87. The molecule has 1 aliphatic carbocycles. The summed E-state index contributed by atoms with van der Waals surface area (Å²) in [5.74, 6) is 2.38. The summed E-state index contributed by atoms with van der Waals surface area (Å²) in [7, 11) is 4.52. The summed E-state index contributed by atoms with van der Waals surface area (Å²) in [4.78, 5) is 2.47. The number of hydrogen-bond donors (Lipinski definition) is 1. The molecular formula is C18H28N2S. The first kappa shape index (κ1) is 15.4. The Labute approximate surface area is 133 Å². The molecule has 116 valence electrons. The van der Waals surface area contributed by atoms with Crippen LogP contribution in [0.25, 0.3) is 0 Å². The van der Waals surface area contributed by atoms with Crippen molar-refractivity contribution in [3.8, 4) is 0 Å². The van der Waals surface area contributed by atoms with Crippen molar-refractivity contribution in [2.45, 2.75) is 49.4 Å². The Bertz CT molecular complexity index is 466. The molecule has 0 aromatic heterocycles. The van der Waals surface area contributed by atoms with E-state index in [9.17, 15) is 0 Å². The highest BCUT2D eigenvalue weighted by molar-refractivity contribution is 7.98. The van der Waals surface area contributed by atoms with Gasteiger partial charge >= 0.3 is 0 Å². The molecule has 21 heavy (non-hydrogen) atoms. The highest BCUT2D eigenvalue weighted by Gasteiger charge is 2.35. The van der Waals surface area contributed by atoms with Gasteiger partial charge in [-0.15, -0.1) is 0 Å². The van der Waals surface area contributed by atoms with E-state index >= 15 is 0 Å². The van der Waals surface area contributed by atoms with Crippen molar-refractivity contribution in [3.63, 3.8) is 0 Å². The molecule has 3 heteroatoms. The fourth-order valence-corrected chi connectivity index (χ4v) is 4.99. The Kier molecular flexibility index (Phi) is 4.92. The van der Waals surface area contributed by atoms with Crippen LogP contribution in [0.5, 0.6) is 0 Å². The van der Waals surface area contributed by atoms with Gasteiger partial charge in [0.1, 0.15) is 0 Å². The second-order valence-electron chi connectivity index (χ2n) is 6.83. The molecule has 0 spiro atoms. The van der Waals surface area contributed by atoms with Crippen molar-refractivity contribution in [1.82, 2.24) is 10.2 Å². The summed E-state index contributed by atoms with van der Waals surface area (Å²) in [5.41, 5.74) is 3.42. The van der Waals surface area contributed by atoms with Gasteiger partial charge in [0.05, 0.1) is 0 Å². The third-order valence-corrected chi connectivity index (χ3v) is 6.47. The smallest absolute Gasteiger partial charge is 0.0415 e. The number of nitrogens with zero attached hydrogens (tertiary/aromatic N) is 1. The fourth-order valence-electron chi connectivity index (χ4n) is 3.86. The number of hydrogen-bond acceptors (Lipinski definition) is 3. The third kappa shape index (κ3) is 3.30. The molecule has 0 amide bonds. The lowest BCUT2D eigenvalue weighted by molar-refractivity contribution is 0.0959. The molecule has 3 rings (SSSR count). The van der Waals surface area contributed by atoms with Crippen LogP contribution in [0.1, 0.15) is 49.3 Å². The first-order chi connectivity index (χ1) is 10.2. The third-order valence-electron chi connectivity index (χ3n) is 5.38. The fraction of sp³-hybridized carbons (Fsp3) is 0.667. The molecule has 0 radical (unpaired) electrons. The van der Waals surface area contributed by atoms with Crippen LogP contribution >= 0.6 is 11.8 Å². The number of benzene rings is 1. The molecule has 1 heterocycles. The summed E-state index contributed by atoms with van der Waals surface area (Å²) in [6, 6.07) is 9.49. The summed E-state index contributed by atoms with van der Waals surface area (Å²) in [5, 5.41) is 3.91. The van der Waals surface area contributed by atoms with Gasteiger partial charge in [-0.1, -0.05) is 43.5 Å². The summed E-state index contributed by atoms with van der Waals surface area (Å²) >= 11 is 2.06. The Morgan fingerprint density at radius 1 is 1.19 bits per heavy atom. The minimum absolute atomic E-state index is 0.370. The Morgan fingerprint density at radius 3 is 2.71 bits per heavy atom. The van der Waals surface area contributed by atoms with Gasteiger partial charge in [0.15, 0.2) is 0 Å². The zero-order chi connectivity index (χ0) is 14.7. The van der Waals surface area contributed by atoms with Gasteiger partial charge in [-0.3, -0.25) is 0 Å². The van der Waals surface area contributed by atoms with Crippen molar-refractivity contribution < 1.29 is 0 Å². The van der Waals surface area contributed by atoms with E-state index < -0.39 is 0 Å². The van der Waals surface area contributed by atoms with Crippen molar-refractivity contribution in [2.75, 3.05) is 26.4 Å². The highest BCUT2D eigenvalue weighted by atomic mass is 32.2. The summed E-state index contributed by atoms with van der Waals surface area (Å²) < 4.78 is 0.